The number of hydrogen-bond donors (Lipinski definition) is 1. The van der Waals surface area contributed by atoms with Gasteiger partial charge in [-0.15, -0.1) is 0 Å². The monoisotopic (exact) mass is 398 g/mol. The molecule has 1 heterocycles. The van der Waals surface area contributed by atoms with Crippen LogP contribution in [0.15, 0.2) is 30.3 Å². The lowest BCUT2D eigenvalue weighted by atomic mass is 9.74. The molecule has 1 aromatic rings. The molecule has 1 aliphatic carbocycles. The number of likely N-dealkylation sites (N-methyl/N-ethyl adjacent to an activating group) is 1. The number of hydrogen-bond acceptors (Lipinski definition) is 3. The number of likely N-dealkylation sites (tertiary alicyclic amines) is 1. The van der Waals surface area contributed by atoms with Crippen molar-refractivity contribution in [3.63, 3.8) is 0 Å². The number of carbonyl (C=O) groups is 2. The molecule has 5 heteroatoms. The maximum atomic E-state index is 12.5. The molecule has 0 aromatic heterocycles. The van der Waals surface area contributed by atoms with Crippen molar-refractivity contribution in [2.75, 3.05) is 20.2 Å². The first kappa shape index (κ1) is 21.6. The van der Waals surface area contributed by atoms with Crippen LogP contribution in [0, 0.1) is 0 Å². The second kappa shape index (κ2) is 9.57. The van der Waals surface area contributed by atoms with Gasteiger partial charge in [0, 0.05) is 32.4 Å². The molecule has 1 N–H and O–H groups in total. The summed E-state index contributed by atoms with van der Waals surface area (Å²) < 4.78 is 0. The molecule has 3 rings (SSSR count). The average molecular weight is 399 g/mol. The number of nitrogens with zero attached hydrogens (tertiary/aromatic N) is 2. The Morgan fingerprint density at radius 1 is 1.10 bits per heavy atom. The van der Waals surface area contributed by atoms with Crippen LogP contribution in [0.2, 0.25) is 0 Å². The lowest BCUT2D eigenvalue weighted by Crippen LogP contribution is -2.68. The Labute approximate surface area is 174 Å². The Morgan fingerprint density at radius 3 is 2.38 bits per heavy atom. The molecule has 2 amide bonds. The summed E-state index contributed by atoms with van der Waals surface area (Å²) in [4.78, 5) is 28.2. The Hall–Kier alpha value is -2.14. The molecule has 1 aliphatic heterocycles. The van der Waals surface area contributed by atoms with E-state index in [-0.39, 0.29) is 36.4 Å². The molecule has 1 fully saturated rings. The minimum Gasteiger partial charge on any atom is -0.394 e. The zero-order valence-corrected chi connectivity index (χ0v) is 17.9. The van der Waals surface area contributed by atoms with Crippen LogP contribution in [-0.4, -0.2) is 59.0 Å². The molecule has 0 spiro atoms. The van der Waals surface area contributed by atoms with Crippen LogP contribution in [0.5, 0.6) is 0 Å². The fourth-order valence-electron chi connectivity index (χ4n) is 4.82. The topological polar surface area (TPSA) is 60.9 Å². The normalized spacial score (nSPS) is 23.9. The number of amides is 2. The largest absolute Gasteiger partial charge is 0.394 e. The second-order valence-electron chi connectivity index (χ2n) is 8.22. The lowest BCUT2D eigenvalue weighted by Gasteiger charge is -2.55. The van der Waals surface area contributed by atoms with Gasteiger partial charge in [0.1, 0.15) is 0 Å². The highest BCUT2D eigenvalue weighted by molar-refractivity contribution is 5.79. The first-order chi connectivity index (χ1) is 14.0. The van der Waals surface area contributed by atoms with Crippen LogP contribution in [0.25, 0.3) is 5.57 Å². The van der Waals surface area contributed by atoms with Crippen molar-refractivity contribution in [2.45, 2.75) is 70.4 Å². The lowest BCUT2D eigenvalue weighted by molar-refractivity contribution is -0.153. The highest BCUT2D eigenvalue weighted by Crippen LogP contribution is 2.42. The van der Waals surface area contributed by atoms with Gasteiger partial charge >= 0.3 is 0 Å². The third-order valence-corrected chi connectivity index (χ3v) is 6.47. The van der Waals surface area contributed by atoms with Crippen molar-refractivity contribution in [2.24, 2.45) is 0 Å². The number of allylic oxidation sites excluding steroid dienone is 2. The van der Waals surface area contributed by atoms with E-state index in [4.69, 9.17) is 0 Å². The fraction of sp³-hybridized carbons (Fsp3) is 0.583. The third-order valence-electron chi connectivity index (χ3n) is 6.47. The minimum absolute atomic E-state index is 0.0339. The summed E-state index contributed by atoms with van der Waals surface area (Å²) in [5.74, 6) is 0.142. The van der Waals surface area contributed by atoms with E-state index < -0.39 is 0 Å². The van der Waals surface area contributed by atoms with Crippen LogP contribution < -0.4 is 0 Å². The van der Waals surface area contributed by atoms with Gasteiger partial charge < -0.3 is 14.9 Å². The Kier molecular flexibility index (Phi) is 7.12. The summed E-state index contributed by atoms with van der Waals surface area (Å²) in [6, 6.07) is 8.30. The van der Waals surface area contributed by atoms with Gasteiger partial charge in [0.25, 0.3) is 0 Å². The molecular weight excluding hydrogens is 364 g/mol. The van der Waals surface area contributed by atoms with Crippen LogP contribution in [0.4, 0.5) is 0 Å². The van der Waals surface area contributed by atoms with Crippen molar-refractivity contribution in [3.05, 3.63) is 41.5 Å². The molecule has 29 heavy (non-hydrogen) atoms. The highest BCUT2D eigenvalue weighted by Gasteiger charge is 2.51. The molecular formula is C24H34N2O3. The summed E-state index contributed by atoms with van der Waals surface area (Å²) in [7, 11) is 1.79. The van der Waals surface area contributed by atoms with Gasteiger partial charge in [0.05, 0.1) is 18.7 Å². The number of carbonyl (C=O) groups excluding carboxylic acids is 2. The maximum Gasteiger partial charge on any atom is 0.222 e. The first-order valence-electron chi connectivity index (χ1n) is 11.0. The predicted octanol–water partition coefficient (Wildman–Crippen LogP) is 3.58. The summed E-state index contributed by atoms with van der Waals surface area (Å²) in [5, 5.41) is 10.0. The molecule has 0 bridgehead atoms. The number of benzene rings is 1. The minimum atomic E-state index is -0.225. The van der Waals surface area contributed by atoms with E-state index in [0.29, 0.717) is 19.4 Å². The SMILES string of the molecule is CCC(=O)N(C)C[C@H]1[C@H](c2ccc(C3=CCCCC3)cc2)[C@@H](CO)N1C(=O)CC. The molecule has 3 atom stereocenters. The van der Waals surface area contributed by atoms with Crippen molar-refractivity contribution in [1.29, 1.82) is 0 Å². The quantitative estimate of drug-likeness (QED) is 0.764. The second-order valence-corrected chi connectivity index (χ2v) is 8.22. The molecule has 5 nitrogen and oxygen atoms in total. The molecule has 2 aliphatic rings. The van der Waals surface area contributed by atoms with Crippen LogP contribution in [0.3, 0.4) is 0 Å². The van der Waals surface area contributed by atoms with Gasteiger partial charge in [-0.3, -0.25) is 9.59 Å². The van der Waals surface area contributed by atoms with Gasteiger partial charge in [-0.05, 0) is 42.4 Å². The maximum absolute atomic E-state index is 12.5. The molecule has 0 saturated carbocycles. The van der Waals surface area contributed by atoms with Crippen LogP contribution in [-0.2, 0) is 9.59 Å². The van der Waals surface area contributed by atoms with Gasteiger partial charge in [0.15, 0.2) is 0 Å². The summed E-state index contributed by atoms with van der Waals surface area (Å²) >= 11 is 0. The third kappa shape index (κ3) is 4.40. The molecule has 1 saturated heterocycles. The van der Waals surface area contributed by atoms with Crippen molar-refractivity contribution in [1.82, 2.24) is 9.80 Å². The summed E-state index contributed by atoms with van der Waals surface area (Å²) in [5.41, 5.74) is 3.82. The van der Waals surface area contributed by atoms with Crippen LogP contribution >= 0.6 is 0 Å². The highest BCUT2D eigenvalue weighted by atomic mass is 16.3. The van der Waals surface area contributed by atoms with Gasteiger partial charge in [-0.25, -0.2) is 0 Å². The van der Waals surface area contributed by atoms with Crippen molar-refractivity contribution < 1.29 is 14.7 Å². The zero-order valence-electron chi connectivity index (χ0n) is 17.9. The Bertz CT molecular complexity index is 756. The molecule has 158 valence electrons. The predicted molar refractivity (Wildman–Crippen MR) is 115 cm³/mol. The Morgan fingerprint density at radius 2 is 1.83 bits per heavy atom. The standard InChI is InChI=1S/C24H34N2O3/c1-4-22(28)25(3)15-20-24(21(16-27)26(20)23(29)5-2)19-13-11-18(12-14-19)17-9-7-6-8-10-17/h9,11-14,20-21,24,27H,4-8,10,15-16H2,1-3H3/t20-,21+,24-/m0/s1. The van der Waals surface area contributed by atoms with E-state index in [2.05, 4.69) is 30.3 Å². The van der Waals surface area contributed by atoms with E-state index in [1.54, 1.807) is 16.8 Å². The fourth-order valence-corrected chi connectivity index (χ4v) is 4.82. The summed E-state index contributed by atoms with van der Waals surface area (Å²) in [6.45, 7) is 4.12. The van der Waals surface area contributed by atoms with Gasteiger partial charge in [0.2, 0.25) is 11.8 Å². The number of rotatable bonds is 7. The van der Waals surface area contributed by atoms with Gasteiger partial charge in [-0.1, -0.05) is 44.2 Å². The number of aliphatic hydroxyl groups excluding tert-OH is 1. The number of aliphatic hydroxyl groups is 1. The zero-order chi connectivity index (χ0) is 21.0. The smallest absolute Gasteiger partial charge is 0.222 e. The Balaban J connectivity index is 1.84. The molecule has 1 aromatic carbocycles. The van der Waals surface area contributed by atoms with E-state index in [9.17, 15) is 14.7 Å². The van der Waals surface area contributed by atoms with Gasteiger partial charge in [-0.2, -0.15) is 0 Å². The van der Waals surface area contributed by atoms with Crippen molar-refractivity contribution >= 4 is 17.4 Å². The summed E-state index contributed by atoms with van der Waals surface area (Å²) in [6.07, 6.45) is 7.99. The molecule has 0 unspecified atom stereocenters. The van der Waals surface area contributed by atoms with E-state index >= 15 is 0 Å². The van der Waals surface area contributed by atoms with E-state index in [0.717, 1.165) is 18.4 Å². The average Bonchev–Trinajstić information content (AvgIpc) is 2.76. The van der Waals surface area contributed by atoms with Crippen molar-refractivity contribution in [3.8, 4) is 0 Å². The first-order valence-corrected chi connectivity index (χ1v) is 11.0. The van der Waals surface area contributed by atoms with E-state index in [1.807, 2.05) is 13.8 Å². The van der Waals surface area contributed by atoms with E-state index in [1.165, 1.54) is 24.0 Å². The molecule has 0 radical (unpaired) electrons. The van der Waals surface area contributed by atoms with Crippen LogP contribution in [0.1, 0.15) is 69.4 Å².